The monoisotopic (exact) mass is 784 g/mol. The summed E-state index contributed by atoms with van der Waals surface area (Å²) in [6.07, 6.45) is 44.6. The zero-order valence-corrected chi connectivity index (χ0v) is 35.6. The van der Waals surface area contributed by atoms with E-state index in [1.165, 1.54) is 96.3 Å². The first-order valence-corrected chi connectivity index (χ1v) is 23.5. The van der Waals surface area contributed by atoms with E-state index in [9.17, 15) is 19.0 Å². The maximum Gasteiger partial charge on any atom is 0.472 e. The van der Waals surface area contributed by atoms with Crippen molar-refractivity contribution in [3.05, 3.63) is 36.5 Å². The zero-order valence-electron chi connectivity index (χ0n) is 34.7. The molecule has 0 aromatic heterocycles. The minimum atomic E-state index is -4.38. The molecule has 9 nitrogen and oxygen atoms in total. The molecule has 54 heavy (non-hydrogen) atoms. The molecule has 0 aromatic rings. The first-order valence-electron chi connectivity index (χ1n) is 22.0. The summed E-state index contributed by atoms with van der Waals surface area (Å²) in [5, 5.41) is 0. The smallest absolute Gasteiger partial charge is 0.462 e. The third-order valence-corrected chi connectivity index (χ3v) is 10.3. The Morgan fingerprint density at radius 2 is 1.02 bits per heavy atom. The van der Waals surface area contributed by atoms with Gasteiger partial charge in [-0.2, -0.15) is 0 Å². The van der Waals surface area contributed by atoms with Crippen LogP contribution in [0.3, 0.4) is 0 Å². The quantitative estimate of drug-likeness (QED) is 0.0269. The molecule has 0 bridgehead atoms. The van der Waals surface area contributed by atoms with Gasteiger partial charge in [0.2, 0.25) is 0 Å². The topological polar surface area (TPSA) is 134 Å². The number of phosphoric acid groups is 1. The Bertz CT molecular complexity index is 986. The summed E-state index contributed by atoms with van der Waals surface area (Å²) in [4.78, 5) is 34.9. The molecule has 0 fully saturated rings. The van der Waals surface area contributed by atoms with Gasteiger partial charge in [0.05, 0.1) is 13.2 Å². The van der Waals surface area contributed by atoms with E-state index in [2.05, 4.69) is 50.3 Å². The number of unbranched alkanes of at least 4 members (excludes halogenated alkanes) is 22. The maximum atomic E-state index is 12.6. The molecule has 0 saturated carbocycles. The summed E-state index contributed by atoms with van der Waals surface area (Å²) in [6.45, 7) is 3.62. The second kappa shape index (κ2) is 40.9. The van der Waals surface area contributed by atoms with Gasteiger partial charge in [-0.15, -0.1) is 0 Å². The Hall–Kier alpha value is -1.77. The van der Waals surface area contributed by atoms with Gasteiger partial charge in [-0.25, -0.2) is 4.57 Å². The highest BCUT2D eigenvalue weighted by atomic mass is 31.2. The van der Waals surface area contributed by atoms with Crippen LogP contribution >= 0.6 is 7.82 Å². The second-order valence-electron chi connectivity index (χ2n) is 14.5. The number of esters is 2. The van der Waals surface area contributed by atoms with E-state index in [0.717, 1.165) is 70.6 Å². The van der Waals surface area contributed by atoms with Gasteiger partial charge in [-0.3, -0.25) is 18.6 Å². The number of rotatable bonds is 41. The fourth-order valence-corrected chi connectivity index (χ4v) is 6.83. The molecule has 316 valence electrons. The standard InChI is InChI=1S/C44H82NO8P/c1-3-5-7-9-11-13-15-17-19-20-21-23-24-26-28-30-32-34-36-43(46)50-40-42(41-52-54(48,49)51-39-38-45)53-44(47)37-35-33-31-29-27-25-22-18-16-14-12-10-8-6-4-2/h6,8,12,14,18,22,42H,3-5,7,9-11,13,15-17,19-21,23-41,45H2,1-2H3,(H,48,49)/b8-6-,14-12-,22-18-/t42-/m1/s1. The van der Waals surface area contributed by atoms with Crippen molar-refractivity contribution >= 4 is 19.8 Å². The third-order valence-electron chi connectivity index (χ3n) is 9.29. The number of phosphoric ester groups is 1. The van der Waals surface area contributed by atoms with Crippen molar-refractivity contribution in [3.8, 4) is 0 Å². The second-order valence-corrected chi connectivity index (χ2v) is 16.0. The van der Waals surface area contributed by atoms with Crippen molar-refractivity contribution in [2.45, 2.75) is 206 Å². The number of allylic oxidation sites excluding steroid dienone is 6. The van der Waals surface area contributed by atoms with Crippen LogP contribution in [0, 0.1) is 0 Å². The highest BCUT2D eigenvalue weighted by Gasteiger charge is 2.26. The van der Waals surface area contributed by atoms with Gasteiger partial charge in [0, 0.05) is 19.4 Å². The normalized spacial score (nSPS) is 13.6. The summed E-state index contributed by atoms with van der Waals surface area (Å²) in [7, 11) is -4.38. The average molecular weight is 784 g/mol. The largest absolute Gasteiger partial charge is 0.472 e. The lowest BCUT2D eigenvalue weighted by molar-refractivity contribution is -0.161. The molecule has 0 rings (SSSR count). The van der Waals surface area contributed by atoms with E-state index in [4.69, 9.17) is 24.3 Å². The van der Waals surface area contributed by atoms with Crippen molar-refractivity contribution in [1.29, 1.82) is 0 Å². The fourth-order valence-electron chi connectivity index (χ4n) is 6.06. The first-order chi connectivity index (χ1) is 26.3. The Morgan fingerprint density at radius 1 is 0.574 bits per heavy atom. The summed E-state index contributed by atoms with van der Waals surface area (Å²) in [5.41, 5.74) is 5.35. The van der Waals surface area contributed by atoms with E-state index >= 15 is 0 Å². The first kappa shape index (κ1) is 52.2. The molecule has 0 aliphatic carbocycles. The number of carbonyl (C=O) groups is 2. The molecule has 2 atom stereocenters. The molecular formula is C44H82NO8P. The van der Waals surface area contributed by atoms with Crippen LogP contribution in [0.1, 0.15) is 200 Å². The summed E-state index contributed by atoms with van der Waals surface area (Å²) >= 11 is 0. The van der Waals surface area contributed by atoms with Crippen LogP contribution in [0.4, 0.5) is 0 Å². The van der Waals surface area contributed by atoms with Gasteiger partial charge in [0.1, 0.15) is 6.61 Å². The molecule has 0 aromatic carbocycles. The molecular weight excluding hydrogens is 701 g/mol. The number of hydrogen-bond acceptors (Lipinski definition) is 8. The van der Waals surface area contributed by atoms with Crippen LogP contribution in [-0.4, -0.2) is 49.3 Å². The van der Waals surface area contributed by atoms with Crippen molar-refractivity contribution in [2.24, 2.45) is 5.73 Å². The van der Waals surface area contributed by atoms with E-state index < -0.39 is 26.5 Å². The van der Waals surface area contributed by atoms with Crippen LogP contribution < -0.4 is 5.73 Å². The molecule has 0 aliphatic rings. The Balaban J connectivity index is 4.13. The molecule has 0 saturated heterocycles. The van der Waals surface area contributed by atoms with Gasteiger partial charge < -0.3 is 20.1 Å². The fraction of sp³-hybridized carbons (Fsp3) is 0.818. The van der Waals surface area contributed by atoms with Crippen molar-refractivity contribution in [2.75, 3.05) is 26.4 Å². The van der Waals surface area contributed by atoms with Crippen LogP contribution in [0.2, 0.25) is 0 Å². The molecule has 10 heteroatoms. The third kappa shape index (κ3) is 39.9. The van der Waals surface area contributed by atoms with Crippen molar-refractivity contribution in [3.63, 3.8) is 0 Å². The number of ether oxygens (including phenoxy) is 2. The van der Waals surface area contributed by atoms with Crippen LogP contribution in [-0.2, 0) is 32.7 Å². The van der Waals surface area contributed by atoms with Gasteiger partial charge in [0.25, 0.3) is 0 Å². The highest BCUT2D eigenvalue weighted by molar-refractivity contribution is 7.47. The van der Waals surface area contributed by atoms with Crippen LogP contribution in [0.5, 0.6) is 0 Å². The molecule has 0 amide bonds. The van der Waals surface area contributed by atoms with Gasteiger partial charge >= 0.3 is 19.8 Å². The molecule has 0 spiro atoms. The van der Waals surface area contributed by atoms with Crippen LogP contribution in [0.15, 0.2) is 36.5 Å². The molecule has 0 aliphatic heterocycles. The van der Waals surface area contributed by atoms with Gasteiger partial charge in [-0.1, -0.05) is 179 Å². The Morgan fingerprint density at radius 3 is 1.52 bits per heavy atom. The van der Waals surface area contributed by atoms with Crippen molar-refractivity contribution < 1.29 is 37.6 Å². The molecule has 3 N–H and O–H groups in total. The van der Waals surface area contributed by atoms with Gasteiger partial charge in [0.15, 0.2) is 6.10 Å². The molecule has 0 radical (unpaired) electrons. The lowest BCUT2D eigenvalue weighted by atomic mass is 10.0. The lowest BCUT2D eigenvalue weighted by Crippen LogP contribution is -2.29. The predicted octanol–water partition coefficient (Wildman–Crippen LogP) is 12.6. The number of nitrogens with two attached hydrogens (primary N) is 1. The van der Waals surface area contributed by atoms with Crippen LogP contribution in [0.25, 0.3) is 0 Å². The Labute approximate surface area is 331 Å². The van der Waals surface area contributed by atoms with E-state index in [-0.39, 0.29) is 38.6 Å². The molecule has 1 unspecified atom stereocenters. The SMILES string of the molecule is CC/C=C\C/C=C\C/C=C\CCCCCCCC(=O)O[C@H](COC(=O)CCCCCCCCCCCCCCCCCCCC)COP(=O)(O)OCCN. The zero-order chi connectivity index (χ0) is 39.6. The van der Waals surface area contributed by atoms with Crippen molar-refractivity contribution in [1.82, 2.24) is 0 Å². The minimum Gasteiger partial charge on any atom is -0.462 e. The Kier molecular flexibility index (Phi) is 39.5. The summed E-state index contributed by atoms with van der Waals surface area (Å²) in [5.74, 6) is -0.842. The summed E-state index contributed by atoms with van der Waals surface area (Å²) in [6, 6.07) is 0. The maximum absolute atomic E-state index is 12.6. The lowest BCUT2D eigenvalue weighted by Gasteiger charge is -2.19. The highest BCUT2D eigenvalue weighted by Crippen LogP contribution is 2.43. The minimum absolute atomic E-state index is 0.0507. The van der Waals surface area contributed by atoms with E-state index in [1.807, 2.05) is 0 Å². The van der Waals surface area contributed by atoms with E-state index in [1.54, 1.807) is 0 Å². The van der Waals surface area contributed by atoms with Gasteiger partial charge in [-0.05, 0) is 44.9 Å². The predicted molar refractivity (Wildman–Crippen MR) is 224 cm³/mol. The average Bonchev–Trinajstić information content (AvgIpc) is 3.16. The molecule has 0 heterocycles. The summed E-state index contributed by atoms with van der Waals surface area (Å²) < 4.78 is 32.8. The van der Waals surface area contributed by atoms with E-state index in [0.29, 0.717) is 6.42 Å². The number of carbonyl (C=O) groups excluding carboxylic acids is 2. The number of hydrogen-bond donors (Lipinski definition) is 2.